The summed E-state index contributed by atoms with van der Waals surface area (Å²) in [6.45, 7) is 0. The number of hydrogen-bond donors (Lipinski definition) is 0. The average Bonchev–Trinajstić information content (AvgIpc) is 3.25. The SMILES string of the molecule is COc1cc(OC)cc(-c2nn3c(Cc4ccc(F)cc4)nnc3s2)c1. The van der Waals surface area contributed by atoms with E-state index in [2.05, 4.69) is 15.3 Å². The van der Waals surface area contributed by atoms with E-state index >= 15 is 0 Å². The van der Waals surface area contributed by atoms with Crippen molar-refractivity contribution in [3.63, 3.8) is 0 Å². The largest absolute Gasteiger partial charge is 0.497 e. The van der Waals surface area contributed by atoms with Crippen molar-refractivity contribution in [2.24, 2.45) is 0 Å². The lowest BCUT2D eigenvalue weighted by Crippen LogP contribution is -1.98. The predicted octanol–water partition coefficient (Wildman–Crippen LogP) is 3.60. The van der Waals surface area contributed by atoms with Gasteiger partial charge in [0, 0.05) is 18.1 Å². The number of fused-ring (bicyclic) bond motifs is 1. The Hall–Kier alpha value is -3.00. The first-order chi connectivity index (χ1) is 12.7. The Morgan fingerprint density at radius 1 is 1.00 bits per heavy atom. The normalized spacial score (nSPS) is 11.0. The quantitative estimate of drug-likeness (QED) is 0.537. The molecule has 0 radical (unpaired) electrons. The molecule has 0 aliphatic carbocycles. The smallest absolute Gasteiger partial charge is 0.234 e. The zero-order valence-electron chi connectivity index (χ0n) is 14.1. The molecule has 8 heteroatoms. The van der Waals surface area contributed by atoms with E-state index < -0.39 is 0 Å². The summed E-state index contributed by atoms with van der Waals surface area (Å²) in [5, 5.41) is 13.8. The van der Waals surface area contributed by atoms with Gasteiger partial charge < -0.3 is 9.47 Å². The molecular formula is C18H15FN4O2S. The molecule has 2 heterocycles. The topological polar surface area (TPSA) is 61.5 Å². The highest BCUT2D eigenvalue weighted by molar-refractivity contribution is 7.19. The fourth-order valence-electron chi connectivity index (χ4n) is 2.60. The van der Waals surface area contributed by atoms with Gasteiger partial charge in [-0.15, -0.1) is 10.2 Å². The fourth-order valence-corrected chi connectivity index (χ4v) is 3.45. The van der Waals surface area contributed by atoms with Crippen LogP contribution in [0.25, 0.3) is 15.5 Å². The maximum atomic E-state index is 13.1. The van der Waals surface area contributed by atoms with Gasteiger partial charge in [0.1, 0.15) is 22.3 Å². The molecule has 0 bridgehead atoms. The summed E-state index contributed by atoms with van der Waals surface area (Å²) in [7, 11) is 3.22. The molecule has 0 aliphatic rings. The van der Waals surface area contributed by atoms with Crippen molar-refractivity contribution in [3.05, 3.63) is 59.7 Å². The minimum absolute atomic E-state index is 0.261. The molecule has 6 nitrogen and oxygen atoms in total. The van der Waals surface area contributed by atoms with Gasteiger partial charge in [0.2, 0.25) is 4.96 Å². The molecule has 0 saturated heterocycles. The number of hydrogen-bond acceptors (Lipinski definition) is 6. The van der Waals surface area contributed by atoms with E-state index in [4.69, 9.17) is 9.47 Å². The van der Waals surface area contributed by atoms with Crippen LogP contribution in [0.5, 0.6) is 11.5 Å². The molecule has 4 rings (SSSR count). The molecule has 0 unspecified atom stereocenters. The number of ether oxygens (including phenoxy) is 2. The standard InChI is InChI=1S/C18H15FN4O2S/c1-24-14-8-12(9-15(10-14)25-2)17-22-23-16(20-21-18(23)26-17)7-11-3-5-13(19)6-4-11/h3-6,8-10H,7H2,1-2H3. The van der Waals surface area contributed by atoms with Gasteiger partial charge in [-0.25, -0.2) is 4.39 Å². The van der Waals surface area contributed by atoms with Crippen molar-refractivity contribution < 1.29 is 13.9 Å². The Morgan fingerprint density at radius 3 is 2.35 bits per heavy atom. The van der Waals surface area contributed by atoms with Crippen LogP contribution in [0.2, 0.25) is 0 Å². The van der Waals surface area contributed by atoms with Crippen LogP contribution in [-0.2, 0) is 6.42 Å². The van der Waals surface area contributed by atoms with E-state index in [9.17, 15) is 4.39 Å². The van der Waals surface area contributed by atoms with Gasteiger partial charge in [-0.3, -0.25) is 0 Å². The van der Waals surface area contributed by atoms with Crippen molar-refractivity contribution in [1.82, 2.24) is 19.8 Å². The molecule has 2 aromatic heterocycles. The molecule has 0 atom stereocenters. The maximum Gasteiger partial charge on any atom is 0.234 e. The van der Waals surface area contributed by atoms with Crippen LogP contribution in [0.15, 0.2) is 42.5 Å². The summed E-state index contributed by atoms with van der Waals surface area (Å²) in [6.07, 6.45) is 0.520. The number of nitrogens with zero attached hydrogens (tertiary/aromatic N) is 4. The van der Waals surface area contributed by atoms with Crippen LogP contribution in [0, 0.1) is 5.82 Å². The molecule has 26 heavy (non-hydrogen) atoms. The molecule has 132 valence electrons. The van der Waals surface area contributed by atoms with E-state index in [0.29, 0.717) is 28.7 Å². The molecule has 0 aliphatic heterocycles. The van der Waals surface area contributed by atoms with E-state index in [-0.39, 0.29) is 5.82 Å². The van der Waals surface area contributed by atoms with Gasteiger partial charge in [0.15, 0.2) is 5.82 Å². The number of benzene rings is 2. The minimum Gasteiger partial charge on any atom is -0.497 e. The van der Waals surface area contributed by atoms with Gasteiger partial charge in [-0.05, 0) is 29.8 Å². The average molecular weight is 370 g/mol. The second kappa shape index (κ2) is 6.72. The Kier molecular flexibility index (Phi) is 4.26. The number of halogens is 1. The van der Waals surface area contributed by atoms with E-state index in [1.54, 1.807) is 30.9 Å². The first-order valence-corrected chi connectivity index (χ1v) is 8.67. The zero-order valence-corrected chi connectivity index (χ0v) is 15.0. The monoisotopic (exact) mass is 370 g/mol. The lowest BCUT2D eigenvalue weighted by Gasteiger charge is -2.06. The molecule has 0 spiro atoms. The Balaban J connectivity index is 1.70. The maximum absolute atomic E-state index is 13.1. The van der Waals surface area contributed by atoms with Gasteiger partial charge in [0.05, 0.1) is 14.2 Å². The van der Waals surface area contributed by atoms with E-state index in [1.165, 1.54) is 23.5 Å². The molecule has 0 amide bonds. The van der Waals surface area contributed by atoms with Crippen LogP contribution in [0.3, 0.4) is 0 Å². The molecule has 4 aromatic rings. The Morgan fingerprint density at radius 2 is 1.69 bits per heavy atom. The lowest BCUT2D eigenvalue weighted by atomic mass is 10.1. The highest BCUT2D eigenvalue weighted by atomic mass is 32.1. The predicted molar refractivity (Wildman–Crippen MR) is 96.4 cm³/mol. The number of methoxy groups -OCH3 is 2. The Labute approximate surface area is 152 Å². The van der Waals surface area contributed by atoms with E-state index in [0.717, 1.165) is 16.1 Å². The summed E-state index contributed by atoms with van der Waals surface area (Å²) in [6, 6.07) is 11.9. The van der Waals surface area contributed by atoms with Crippen LogP contribution < -0.4 is 9.47 Å². The van der Waals surface area contributed by atoms with Crippen LogP contribution in [-0.4, -0.2) is 34.0 Å². The third-order valence-corrected chi connectivity index (χ3v) is 4.88. The first-order valence-electron chi connectivity index (χ1n) is 7.85. The first kappa shape index (κ1) is 16.5. The molecule has 0 fully saturated rings. The van der Waals surface area contributed by atoms with Gasteiger partial charge in [0.25, 0.3) is 0 Å². The summed E-state index contributed by atoms with van der Waals surface area (Å²) >= 11 is 1.43. The van der Waals surface area contributed by atoms with Crippen molar-refractivity contribution in [2.75, 3.05) is 14.2 Å². The minimum atomic E-state index is -0.261. The summed E-state index contributed by atoms with van der Waals surface area (Å²) in [4.78, 5) is 0.693. The molecule has 2 aromatic carbocycles. The van der Waals surface area contributed by atoms with Crippen LogP contribution >= 0.6 is 11.3 Å². The summed E-state index contributed by atoms with van der Waals surface area (Å²) < 4.78 is 25.4. The zero-order chi connectivity index (χ0) is 18.1. The van der Waals surface area contributed by atoms with Gasteiger partial charge in [-0.2, -0.15) is 9.61 Å². The molecule has 0 N–H and O–H groups in total. The summed E-state index contributed by atoms with van der Waals surface area (Å²) in [5.41, 5.74) is 1.82. The number of aromatic nitrogens is 4. The van der Waals surface area contributed by atoms with Crippen LogP contribution in [0.1, 0.15) is 11.4 Å². The molecular weight excluding hydrogens is 355 g/mol. The summed E-state index contributed by atoms with van der Waals surface area (Å²) in [5.74, 6) is 1.82. The van der Waals surface area contributed by atoms with Crippen LogP contribution in [0.4, 0.5) is 4.39 Å². The van der Waals surface area contributed by atoms with E-state index in [1.807, 2.05) is 18.2 Å². The lowest BCUT2D eigenvalue weighted by molar-refractivity contribution is 0.394. The third-order valence-electron chi connectivity index (χ3n) is 3.93. The van der Waals surface area contributed by atoms with Crippen molar-refractivity contribution >= 4 is 16.3 Å². The van der Waals surface area contributed by atoms with Crippen molar-refractivity contribution in [2.45, 2.75) is 6.42 Å². The second-order valence-electron chi connectivity index (χ2n) is 5.62. The van der Waals surface area contributed by atoms with Gasteiger partial charge in [-0.1, -0.05) is 23.5 Å². The number of rotatable bonds is 5. The fraction of sp³-hybridized carbons (Fsp3) is 0.167. The highest BCUT2D eigenvalue weighted by Gasteiger charge is 2.15. The highest BCUT2D eigenvalue weighted by Crippen LogP contribution is 2.32. The molecule has 0 saturated carbocycles. The third kappa shape index (κ3) is 3.11. The Bertz CT molecular complexity index is 1040. The van der Waals surface area contributed by atoms with Gasteiger partial charge >= 0.3 is 0 Å². The van der Waals surface area contributed by atoms with Crippen molar-refractivity contribution in [3.8, 4) is 22.1 Å². The second-order valence-corrected chi connectivity index (χ2v) is 6.58. The van der Waals surface area contributed by atoms with Crippen molar-refractivity contribution in [1.29, 1.82) is 0 Å².